The van der Waals surface area contributed by atoms with Crippen LogP contribution in [0.3, 0.4) is 0 Å². The summed E-state index contributed by atoms with van der Waals surface area (Å²) >= 11 is 1.60. The molecule has 0 aliphatic carbocycles. The maximum absolute atomic E-state index is 11.2. The van der Waals surface area contributed by atoms with Gasteiger partial charge in [0.2, 0.25) is 0 Å². The van der Waals surface area contributed by atoms with Crippen molar-refractivity contribution in [1.82, 2.24) is 10.3 Å². The molecule has 18 heavy (non-hydrogen) atoms. The fourth-order valence-corrected chi connectivity index (χ4v) is 2.16. The first-order valence-corrected chi connectivity index (χ1v) is 6.37. The second-order valence-corrected chi connectivity index (χ2v) is 4.69. The van der Waals surface area contributed by atoms with Crippen molar-refractivity contribution in [2.24, 2.45) is 0 Å². The normalized spacial score (nSPS) is 12.3. The third-order valence-electron chi connectivity index (χ3n) is 2.48. The third-order valence-corrected chi connectivity index (χ3v) is 3.44. The van der Waals surface area contributed by atoms with Crippen LogP contribution < -0.4 is 5.32 Å². The molecule has 96 valence electrons. The number of thiazole rings is 1. The van der Waals surface area contributed by atoms with Crippen molar-refractivity contribution in [3.05, 3.63) is 40.2 Å². The van der Waals surface area contributed by atoms with E-state index in [1.807, 2.05) is 12.3 Å². The number of carbonyl (C=O) groups is 1. The van der Waals surface area contributed by atoms with Crippen molar-refractivity contribution in [3.8, 4) is 0 Å². The predicted octanol–water partition coefficient (Wildman–Crippen LogP) is 2.37. The summed E-state index contributed by atoms with van der Waals surface area (Å²) in [6, 6.07) is 1.82. The molecule has 0 aromatic carbocycles. The van der Waals surface area contributed by atoms with Crippen molar-refractivity contribution in [2.45, 2.75) is 19.5 Å². The molecule has 1 unspecified atom stereocenters. The molecular formula is C12H14N2O3S. The van der Waals surface area contributed by atoms with Crippen molar-refractivity contribution < 1.29 is 13.9 Å². The Kier molecular flexibility index (Phi) is 4.11. The fourth-order valence-electron chi connectivity index (χ4n) is 1.49. The van der Waals surface area contributed by atoms with E-state index < -0.39 is 5.97 Å². The molecule has 0 spiro atoms. The summed E-state index contributed by atoms with van der Waals surface area (Å²) in [7, 11) is 1.35. The van der Waals surface area contributed by atoms with E-state index in [4.69, 9.17) is 4.42 Å². The minimum absolute atomic E-state index is 0.150. The fraction of sp³-hybridized carbons (Fsp3) is 0.333. The van der Waals surface area contributed by atoms with Gasteiger partial charge in [0.25, 0.3) is 0 Å². The maximum Gasteiger partial charge on any atom is 0.341 e. The number of hydrogen-bond donors (Lipinski definition) is 1. The van der Waals surface area contributed by atoms with Crippen LogP contribution in [-0.4, -0.2) is 18.1 Å². The number of nitrogens with one attached hydrogen (secondary N) is 1. The van der Waals surface area contributed by atoms with Crippen LogP contribution in [0.5, 0.6) is 0 Å². The van der Waals surface area contributed by atoms with E-state index in [1.54, 1.807) is 23.6 Å². The maximum atomic E-state index is 11.2. The van der Waals surface area contributed by atoms with Gasteiger partial charge in [0.15, 0.2) is 0 Å². The van der Waals surface area contributed by atoms with Gasteiger partial charge in [-0.15, -0.1) is 11.3 Å². The highest BCUT2D eigenvalue weighted by molar-refractivity contribution is 7.09. The van der Waals surface area contributed by atoms with Crippen molar-refractivity contribution in [1.29, 1.82) is 0 Å². The standard InChI is InChI=1S/C12H14N2O3S/c1-8(11-13-3-4-18-11)14-6-10-5-9(7-17-10)12(15)16-2/h3-5,7-8,14H,6H2,1-2H3. The molecule has 2 aromatic rings. The second kappa shape index (κ2) is 5.79. The number of hydrogen-bond acceptors (Lipinski definition) is 6. The summed E-state index contributed by atoms with van der Waals surface area (Å²) < 4.78 is 9.88. The summed E-state index contributed by atoms with van der Waals surface area (Å²) in [6.45, 7) is 2.57. The Morgan fingerprint density at radius 2 is 2.50 bits per heavy atom. The smallest absolute Gasteiger partial charge is 0.341 e. The van der Waals surface area contributed by atoms with Crippen LogP contribution in [0, 0.1) is 0 Å². The Hall–Kier alpha value is -1.66. The number of nitrogens with zero attached hydrogens (tertiary/aromatic N) is 1. The van der Waals surface area contributed by atoms with Crippen LogP contribution in [-0.2, 0) is 11.3 Å². The molecule has 0 radical (unpaired) electrons. The van der Waals surface area contributed by atoms with Crippen molar-refractivity contribution in [2.75, 3.05) is 7.11 Å². The number of rotatable bonds is 5. The summed E-state index contributed by atoms with van der Waals surface area (Å²) in [6.07, 6.45) is 3.18. The second-order valence-electron chi connectivity index (χ2n) is 3.77. The number of ether oxygens (including phenoxy) is 1. The van der Waals surface area contributed by atoms with Crippen LogP contribution in [0.2, 0.25) is 0 Å². The van der Waals surface area contributed by atoms with Crippen molar-refractivity contribution in [3.63, 3.8) is 0 Å². The summed E-state index contributed by atoms with van der Waals surface area (Å²) in [5, 5.41) is 6.24. The third kappa shape index (κ3) is 2.96. The highest BCUT2D eigenvalue weighted by Gasteiger charge is 2.12. The quantitative estimate of drug-likeness (QED) is 0.842. The Morgan fingerprint density at radius 1 is 1.67 bits per heavy atom. The van der Waals surface area contributed by atoms with Crippen molar-refractivity contribution >= 4 is 17.3 Å². The van der Waals surface area contributed by atoms with E-state index in [9.17, 15) is 4.79 Å². The van der Waals surface area contributed by atoms with E-state index >= 15 is 0 Å². The van der Waals surface area contributed by atoms with Gasteiger partial charge >= 0.3 is 5.97 Å². The minimum Gasteiger partial charge on any atom is -0.467 e. The average molecular weight is 266 g/mol. The molecule has 0 saturated heterocycles. The zero-order valence-electron chi connectivity index (χ0n) is 10.2. The van der Waals surface area contributed by atoms with Gasteiger partial charge in [0.05, 0.1) is 25.3 Å². The van der Waals surface area contributed by atoms with Gasteiger partial charge in [0.1, 0.15) is 17.0 Å². The lowest BCUT2D eigenvalue weighted by molar-refractivity contribution is 0.0600. The van der Waals surface area contributed by atoms with Gasteiger partial charge in [-0.2, -0.15) is 0 Å². The van der Waals surface area contributed by atoms with Gasteiger partial charge in [-0.25, -0.2) is 9.78 Å². The van der Waals surface area contributed by atoms with Crippen LogP contribution >= 0.6 is 11.3 Å². The molecule has 0 saturated carbocycles. The molecule has 0 fully saturated rings. The molecular weight excluding hydrogens is 252 g/mol. The first-order chi connectivity index (χ1) is 8.70. The first-order valence-electron chi connectivity index (χ1n) is 5.49. The van der Waals surface area contributed by atoms with E-state index in [2.05, 4.69) is 15.0 Å². The van der Waals surface area contributed by atoms with Crippen LogP contribution in [0.25, 0.3) is 0 Å². The molecule has 0 aliphatic rings. The number of aromatic nitrogens is 1. The van der Waals surface area contributed by atoms with E-state index in [0.29, 0.717) is 17.9 Å². The Bertz CT molecular complexity index is 507. The lowest BCUT2D eigenvalue weighted by Crippen LogP contribution is -2.17. The molecule has 0 amide bonds. The SMILES string of the molecule is COC(=O)c1coc(CNC(C)c2nccs2)c1. The molecule has 2 rings (SSSR count). The van der Waals surface area contributed by atoms with Gasteiger partial charge in [0, 0.05) is 11.6 Å². The van der Waals surface area contributed by atoms with Crippen LogP contribution in [0.4, 0.5) is 0 Å². The molecule has 6 heteroatoms. The Balaban J connectivity index is 1.90. The highest BCUT2D eigenvalue weighted by Crippen LogP contribution is 2.16. The molecule has 1 N–H and O–H groups in total. The molecule has 0 bridgehead atoms. The van der Waals surface area contributed by atoms with Gasteiger partial charge in [-0.3, -0.25) is 0 Å². The minimum atomic E-state index is -0.391. The van der Waals surface area contributed by atoms with Gasteiger partial charge < -0.3 is 14.5 Å². The van der Waals surface area contributed by atoms with Gasteiger partial charge in [-0.1, -0.05) is 0 Å². The zero-order valence-corrected chi connectivity index (χ0v) is 11.0. The topological polar surface area (TPSA) is 64.4 Å². The molecule has 0 aliphatic heterocycles. The van der Waals surface area contributed by atoms with Crippen LogP contribution in [0.1, 0.15) is 34.1 Å². The van der Waals surface area contributed by atoms with Gasteiger partial charge in [-0.05, 0) is 13.0 Å². The molecule has 2 aromatic heterocycles. The number of carbonyl (C=O) groups excluding carboxylic acids is 1. The first kappa shape index (κ1) is 12.8. The Labute approximate surface area is 109 Å². The number of methoxy groups -OCH3 is 1. The molecule has 5 nitrogen and oxygen atoms in total. The van der Waals surface area contributed by atoms with E-state index in [1.165, 1.54) is 13.4 Å². The molecule has 1 atom stereocenters. The monoisotopic (exact) mass is 266 g/mol. The summed E-state index contributed by atoms with van der Waals surface area (Å²) in [4.78, 5) is 15.5. The summed E-state index contributed by atoms with van der Waals surface area (Å²) in [5.74, 6) is 0.303. The lowest BCUT2D eigenvalue weighted by Gasteiger charge is -2.08. The summed E-state index contributed by atoms with van der Waals surface area (Å²) in [5.41, 5.74) is 0.427. The zero-order chi connectivity index (χ0) is 13.0. The largest absolute Gasteiger partial charge is 0.467 e. The van der Waals surface area contributed by atoms with Crippen LogP contribution in [0.15, 0.2) is 28.3 Å². The number of esters is 1. The molecule has 2 heterocycles. The number of furan rings is 1. The average Bonchev–Trinajstić information content (AvgIpc) is 3.05. The lowest BCUT2D eigenvalue weighted by atomic mass is 10.3. The Morgan fingerprint density at radius 3 is 3.17 bits per heavy atom. The van der Waals surface area contributed by atoms with E-state index in [-0.39, 0.29) is 6.04 Å². The predicted molar refractivity (Wildman–Crippen MR) is 67.4 cm³/mol. The van der Waals surface area contributed by atoms with E-state index in [0.717, 1.165) is 5.01 Å². The highest BCUT2D eigenvalue weighted by atomic mass is 32.1.